The first-order valence-corrected chi connectivity index (χ1v) is 8.66. The molecule has 25 heavy (non-hydrogen) atoms. The number of anilines is 1. The average molecular weight is 354 g/mol. The second-order valence-electron chi connectivity index (χ2n) is 5.43. The molecule has 6 heteroatoms. The first kappa shape index (κ1) is 17.3. The molecule has 0 spiro atoms. The summed E-state index contributed by atoms with van der Waals surface area (Å²) in [6, 6.07) is 14.8. The number of benzene rings is 2. The van der Waals surface area contributed by atoms with Crippen LogP contribution in [0.25, 0.3) is 6.08 Å². The molecular formula is C19H18N2O3S. The molecule has 5 nitrogen and oxygen atoms in total. The molecule has 0 atom stereocenters. The highest BCUT2D eigenvalue weighted by Gasteiger charge is 2.20. The predicted molar refractivity (Wildman–Crippen MR) is 99.6 cm³/mol. The maximum absolute atomic E-state index is 12.2. The van der Waals surface area contributed by atoms with Crippen LogP contribution in [0.4, 0.5) is 5.69 Å². The zero-order valence-corrected chi connectivity index (χ0v) is 14.6. The Morgan fingerprint density at radius 2 is 1.96 bits per heavy atom. The summed E-state index contributed by atoms with van der Waals surface area (Å²) in [6.07, 6.45) is 1.82. The lowest BCUT2D eigenvalue weighted by Gasteiger charge is -2.18. The first-order valence-electron chi connectivity index (χ1n) is 7.84. The topological polar surface area (TPSA) is 67.4 Å². The second-order valence-corrected chi connectivity index (χ2v) is 6.52. The molecule has 0 aliphatic carbocycles. The lowest BCUT2D eigenvalue weighted by Crippen LogP contribution is -2.26. The minimum Gasteiger partial charge on any atom is -0.383 e. The Bertz CT molecular complexity index is 816. The van der Waals surface area contributed by atoms with E-state index >= 15 is 0 Å². The Kier molecular flexibility index (Phi) is 5.53. The molecule has 0 fully saturated rings. The quantitative estimate of drug-likeness (QED) is 0.639. The SMILES string of the molecule is COCCNC(=O)c1ccc(/C=C2/Sc3ccccc3NC2=O)cc1. The Morgan fingerprint density at radius 3 is 2.72 bits per heavy atom. The predicted octanol–water partition coefficient (Wildman–Crippen LogP) is 3.15. The molecule has 0 bridgehead atoms. The second kappa shape index (κ2) is 8.00. The number of fused-ring (bicyclic) bond motifs is 1. The summed E-state index contributed by atoms with van der Waals surface area (Å²) in [5, 5.41) is 5.66. The fourth-order valence-corrected chi connectivity index (χ4v) is 3.30. The lowest BCUT2D eigenvalue weighted by molar-refractivity contribution is -0.112. The van der Waals surface area contributed by atoms with E-state index in [1.54, 1.807) is 19.2 Å². The average Bonchev–Trinajstić information content (AvgIpc) is 2.63. The van der Waals surface area contributed by atoms with Gasteiger partial charge in [-0.15, -0.1) is 0 Å². The number of carbonyl (C=O) groups excluding carboxylic acids is 2. The van der Waals surface area contributed by atoms with E-state index in [1.807, 2.05) is 42.5 Å². The van der Waals surface area contributed by atoms with Gasteiger partial charge in [0.25, 0.3) is 11.8 Å². The van der Waals surface area contributed by atoms with E-state index in [2.05, 4.69) is 10.6 Å². The van der Waals surface area contributed by atoms with Crippen LogP contribution in [0.2, 0.25) is 0 Å². The summed E-state index contributed by atoms with van der Waals surface area (Å²) in [7, 11) is 1.59. The van der Waals surface area contributed by atoms with Crippen LogP contribution < -0.4 is 10.6 Å². The van der Waals surface area contributed by atoms with E-state index in [-0.39, 0.29) is 11.8 Å². The van der Waals surface area contributed by atoms with Gasteiger partial charge in [-0.3, -0.25) is 9.59 Å². The van der Waals surface area contributed by atoms with Crippen molar-refractivity contribution in [1.29, 1.82) is 0 Å². The van der Waals surface area contributed by atoms with Gasteiger partial charge in [0, 0.05) is 24.1 Å². The molecule has 0 saturated heterocycles. The highest BCUT2D eigenvalue weighted by molar-refractivity contribution is 8.04. The highest BCUT2D eigenvalue weighted by atomic mass is 32.2. The molecule has 1 aliphatic heterocycles. The molecule has 2 amide bonds. The lowest BCUT2D eigenvalue weighted by atomic mass is 10.1. The van der Waals surface area contributed by atoms with Crippen LogP contribution >= 0.6 is 11.8 Å². The number of carbonyl (C=O) groups is 2. The van der Waals surface area contributed by atoms with Gasteiger partial charge < -0.3 is 15.4 Å². The molecule has 0 saturated carbocycles. The van der Waals surface area contributed by atoms with Gasteiger partial charge in [-0.1, -0.05) is 36.0 Å². The van der Waals surface area contributed by atoms with Crippen LogP contribution in [0.5, 0.6) is 0 Å². The number of rotatable bonds is 5. The maximum atomic E-state index is 12.2. The molecule has 3 rings (SSSR count). The number of para-hydroxylation sites is 1. The van der Waals surface area contributed by atoms with E-state index in [0.717, 1.165) is 16.1 Å². The van der Waals surface area contributed by atoms with E-state index in [9.17, 15) is 9.59 Å². The van der Waals surface area contributed by atoms with Crippen molar-refractivity contribution in [2.24, 2.45) is 0 Å². The van der Waals surface area contributed by atoms with Crippen LogP contribution in [0.3, 0.4) is 0 Å². The van der Waals surface area contributed by atoms with E-state index in [1.165, 1.54) is 11.8 Å². The van der Waals surface area contributed by atoms with Crippen molar-refractivity contribution in [1.82, 2.24) is 5.32 Å². The summed E-state index contributed by atoms with van der Waals surface area (Å²) >= 11 is 1.44. The fraction of sp³-hybridized carbons (Fsp3) is 0.158. The van der Waals surface area contributed by atoms with Crippen LogP contribution in [0.15, 0.2) is 58.3 Å². The maximum Gasteiger partial charge on any atom is 0.262 e. The number of thioether (sulfide) groups is 1. The van der Waals surface area contributed by atoms with Gasteiger partial charge >= 0.3 is 0 Å². The Morgan fingerprint density at radius 1 is 1.20 bits per heavy atom. The van der Waals surface area contributed by atoms with Gasteiger partial charge in [-0.05, 0) is 35.9 Å². The third-order valence-corrected chi connectivity index (χ3v) is 4.74. The van der Waals surface area contributed by atoms with Crippen molar-refractivity contribution in [2.75, 3.05) is 25.6 Å². The summed E-state index contributed by atoms with van der Waals surface area (Å²) in [4.78, 5) is 25.8. The van der Waals surface area contributed by atoms with Crippen molar-refractivity contribution in [2.45, 2.75) is 4.90 Å². The summed E-state index contributed by atoms with van der Waals surface area (Å²) in [6.45, 7) is 0.946. The minimum atomic E-state index is -0.144. The van der Waals surface area contributed by atoms with Crippen molar-refractivity contribution in [3.63, 3.8) is 0 Å². The van der Waals surface area contributed by atoms with Gasteiger partial charge in [0.15, 0.2) is 0 Å². The van der Waals surface area contributed by atoms with Gasteiger partial charge in [0.1, 0.15) is 0 Å². The van der Waals surface area contributed by atoms with Crippen molar-refractivity contribution >= 4 is 35.3 Å². The molecular weight excluding hydrogens is 336 g/mol. The minimum absolute atomic E-state index is 0.120. The van der Waals surface area contributed by atoms with Crippen LogP contribution in [-0.2, 0) is 9.53 Å². The molecule has 128 valence electrons. The van der Waals surface area contributed by atoms with Crippen molar-refractivity contribution < 1.29 is 14.3 Å². The number of methoxy groups -OCH3 is 1. The number of ether oxygens (including phenoxy) is 1. The van der Waals surface area contributed by atoms with Crippen LogP contribution in [0.1, 0.15) is 15.9 Å². The van der Waals surface area contributed by atoms with Crippen molar-refractivity contribution in [3.05, 3.63) is 64.6 Å². The van der Waals surface area contributed by atoms with Gasteiger partial charge in [-0.25, -0.2) is 0 Å². The molecule has 2 aromatic rings. The molecule has 0 aromatic heterocycles. The van der Waals surface area contributed by atoms with E-state index in [4.69, 9.17) is 4.74 Å². The van der Waals surface area contributed by atoms with Gasteiger partial charge in [0.2, 0.25) is 0 Å². The van der Waals surface area contributed by atoms with Gasteiger partial charge in [-0.2, -0.15) is 0 Å². The smallest absolute Gasteiger partial charge is 0.262 e. The van der Waals surface area contributed by atoms with Crippen LogP contribution in [0, 0.1) is 0 Å². The zero-order valence-electron chi connectivity index (χ0n) is 13.7. The number of hydrogen-bond donors (Lipinski definition) is 2. The Labute approximate surface area is 150 Å². The molecule has 2 aromatic carbocycles. The fourth-order valence-electron chi connectivity index (χ4n) is 2.35. The number of amides is 2. The van der Waals surface area contributed by atoms with Gasteiger partial charge in [0.05, 0.1) is 17.2 Å². The standard InChI is InChI=1S/C19H18N2O3S/c1-24-11-10-20-18(22)14-8-6-13(7-9-14)12-17-19(23)21-15-4-2-3-5-16(15)25-17/h2-9,12H,10-11H2,1H3,(H,20,22)(H,21,23)/b17-12+. The highest BCUT2D eigenvalue weighted by Crippen LogP contribution is 2.38. The summed E-state index contributed by atoms with van der Waals surface area (Å²) < 4.78 is 4.90. The molecule has 1 aliphatic rings. The Hall–Kier alpha value is -2.57. The first-order chi connectivity index (χ1) is 12.2. The normalized spacial score (nSPS) is 14.8. The largest absolute Gasteiger partial charge is 0.383 e. The third-order valence-electron chi connectivity index (χ3n) is 3.64. The molecule has 2 N–H and O–H groups in total. The molecule has 0 radical (unpaired) electrons. The summed E-state index contributed by atoms with van der Waals surface area (Å²) in [5.41, 5.74) is 2.27. The number of hydrogen-bond acceptors (Lipinski definition) is 4. The van der Waals surface area contributed by atoms with E-state index in [0.29, 0.717) is 23.6 Å². The zero-order chi connectivity index (χ0) is 17.6. The molecule has 1 heterocycles. The van der Waals surface area contributed by atoms with Crippen molar-refractivity contribution in [3.8, 4) is 0 Å². The summed E-state index contributed by atoms with van der Waals surface area (Å²) in [5.74, 6) is -0.264. The molecule has 0 unspecified atom stereocenters. The monoisotopic (exact) mass is 354 g/mol. The van der Waals surface area contributed by atoms with Crippen LogP contribution in [-0.4, -0.2) is 32.1 Å². The third kappa shape index (κ3) is 4.29. The number of nitrogens with one attached hydrogen (secondary N) is 2. The van der Waals surface area contributed by atoms with E-state index < -0.39 is 0 Å². The Balaban J connectivity index is 1.72.